The molecule has 1 amide bonds. The van der Waals surface area contributed by atoms with Crippen LogP contribution in [-0.2, 0) is 14.8 Å². The molecule has 1 saturated heterocycles. The van der Waals surface area contributed by atoms with Crippen molar-refractivity contribution in [2.45, 2.75) is 58.5 Å². The molecule has 212 valence electrons. The van der Waals surface area contributed by atoms with E-state index < -0.39 is 10.0 Å². The number of fused-ring (bicyclic) bond motifs is 6. The number of benzene rings is 2. The summed E-state index contributed by atoms with van der Waals surface area (Å²) in [4.78, 5) is 24.8. The molecule has 0 unspecified atom stereocenters. The quantitative estimate of drug-likeness (QED) is 0.460. The average Bonchev–Trinajstić information content (AvgIpc) is 2.86. The standard InChI is InChI=1S/C30H37N5O4S/c1-19-8-6-9-20(2)27(19)25-16-26-33-29(32-25)34-40(37,38)24-11-7-10-22(15-24)31-28(36)21-14-23(39-26)18-35(17-21)13-12-30(3,4)5/h6-11,15-16,21,23H,12-14,17-18H2,1-5H3,(H,31,36)(H,32,33,34)/t21-,23+/m0/s1. The summed E-state index contributed by atoms with van der Waals surface area (Å²) >= 11 is 0. The van der Waals surface area contributed by atoms with Crippen molar-refractivity contribution in [3.63, 3.8) is 0 Å². The van der Waals surface area contributed by atoms with E-state index in [0.717, 1.165) is 29.7 Å². The Morgan fingerprint density at radius 1 is 1.02 bits per heavy atom. The van der Waals surface area contributed by atoms with Crippen LogP contribution in [0, 0.1) is 25.2 Å². The SMILES string of the molecule is Cc1cccc(C)c1-c1cc2nc(n1)NS(=O)(=O)c1cccc(c1)NC(=O)[C@H]1C[C@H](CN(CCC(C)(C)C)C1)O2. The number of ether oxygens (including phenoxy) is 1. The molecule has 10 heteroatoms. The van der Waals surface area contributed by atoms with Crippen LogP contribution in [0.1, 0.15) is 44.7 Å². The van der Waals surface area contributed by atoms with Crippen LogP contribution in [0.5, 0.6) is 5.88 Å². The van der Waals surface area contributed by atoms with E-state index in [4.69, 9.17) is 4.74 Å². The Labute approximate surface area is 236 Å². The van der Waals surface area contributed by atoms with Gasteiger partial charge in [-0.25, -0.2) is 18.1 Å². The van der Waals surface area contributed by atoms with Crippen molar-refractivity contribution in [1.29, 1.82) is 0 Å². The van der Waals surface area contributed by atoms with Gasteiger partial charge in [-0.15, -0.1) is 0 Å². The van der Waals surface area contributed by atoms with Gasteiger partial charge in [0.15, 0.2) is 0 Å². The van der Waals surface area contributed by atoms with Crippen LogP contribution in [0.3, 0.4) is 0 Å². The number of anilines is 2. The van der Waals surface area contributed by atoms with Crippen molar-refractivity contribution in [3.05, 3.63) is 59.7 Å². The van der Waals surface area contributed by atoms with Crippen molar-refractivity contribution >= 4 is 27.6 Å². The summed E-state index contributed by atoms with van der Waals surface area (Å²) in [6, 6.07) is 13.9. The van der Waals surface area contributed by atoms with Crippen LogP contribution < -0.4 is 14.8 Å². The fourth-order valence-electron chi connectivity index (χ4n) is 5.30. The van der Waals surface area contributed by atoms with Crippen LogP contribution in [0.25, 0.3) is 11.3 Å². The summed E-state index contributed by atoms with van der Waals surface area (Å²) in [6.07, 6.45) is 1.18. The maximum atomic E-state index is 13.4. The number of nitrogens with zero attached hydrogens (tertiary/aromatic N) is 3. The van der Waals surface area contributed by atoms with Crippen LogP contribution in [-0.4, -0.2) is 54.9 Å². The van der Waals surface area contributed by atoms with Gasteiger partial charge in [0.2, 0.25) is 17.7 Å². The summed E-state index contributed by atoms with van der Waals surface area (Å²) < 4.78 is 35.7. The number of amides is 1. The number of carbonyl (C=O) groups is 1. The number of nitrogens with one attached hydrogen (secondary N) is 2. The van der Waals surface area contributed by atoms with Crippen LogP contribution in [0.15, 0.2) is 53.4 Å². The molecule has 0 aliphatic carbocycles. The maximum absolute atomic E-state index is 13.4. The molecule has 0 saturated carbocycles. The second-order valence-corrected chi connectivity index (χ2v) is 13.7. The van der Waals surface area contributed by atoms with Crippen molar-refractivity contribution in [1.82, 2.24) is 14.9 Å². The van der Waals surface area contributed by atoms with Gasteiger partial charge in [-0.3, -0.25) is 9.69 Å². The topological polar surface area (TPSA) is 114 Å². The van der Waals surface area contributed by atoms with Gasteiger partial charge >= 0.3 is 0 Å². The Hall–Kier alpha value is -3.50. The molecular formula is C30H37N5O4S. The molecule has 1 fully saturated rings. The highest BCUT2D eigenvalue weighted by molar-refractivity contribution is 7.92. The third-order valence-electron chi connectivity index (χ3n) is 7.40. The highest BCUT2D eigenvalue weighted by Gasteiger charge is 2.34. The molecule has 0 radical (unpaired) electrons. The number of aryl methyl sites for hydroxylation is 2. The molecule has 5 rings (SSSR count). The van der Waals surface area contributed by atoms with E-state index in [1.807, 2.05) is 32.0 Å². The largest absolute Gasteiger partial charge is 0.473 e. The molecule has 2 aliphatic heterocycles. The summed E-state index contributed by atoms with van der Waals surface area (Å²) in [6.45, 7) is 12.7. The smallest absolute Gasteiger partial charge is 0.264 e. The third kappa shape index (κ3) is 6.45. The predicted molar refractivity (Wildman–Crippen MR) is 156 cm³/mol. The van der Waals surface area contributed by atoms with E-state index in [2.05, 4.69) is 45.7 Å². The Balaban J connectivity index is 1.60. The number of carbonyl (C=O) groups excluding carboxylic acids is 1. The minimum atomic E-state index is -4.04. The molecule has 0 spiro atoms. The molecule has 40 heavy (non-hydrogen) atoms. The number of likely N-dealkylation sites (tertiary alicyclic amines) is 1. The van der Waals surface area contributed by atoms with Gasteiger partial charge in [-0.2, -0.15) is 4.98 Å². The molecular weight excluding hydrogens is 526 g/mol. The highest BCUT2D eigenvalue weighted by Crippen LogP contribution is 2.32. The molecule has 1 aromatic heterocycles. The van der Waals surface area contributed by atoms with Gasteiger partial charge in [-0.1, -0.05) is 45.0 Å². The Morgan fingerprint density at radius 3 is 2.48 bits per heavy atom. The molecule has 2 aromatic carbocycles. The number of hydrogen-bond donors (Lipinski definition) is 2. The first-order chi connectivity index (χ1) is 18.9. The average molecular weight is 564 g/mol. The van der Waals surface area contributed by atoms with E-state index in [-0.39, 0.29) is 40.1 Å². The first-order valence-electron chi connectivity index (χ1n) is 13.6. The van der Waals surface area contributed by atoms with Gasteiger partial charge < -0.3 is 10.1 Å². The second kappa shape index (κ2) is 10.8. The normalized spacial score (nSPS) is 21.0. The highest BCUT2D eigenvalue weighted by atomic mass is 32.2. The number of sulfonamides is 1. The van der Waals surface area contributed by atoms with E-state index in [1.165, 1.54) is 12.1 Å². The number of hydrogen-bond acceptors (Lipinski definition) is 7. The van der Waals surface area contributed by atoms with E-state index in [1.54, 1.807) is 18.2 Å². The lowest BCUT2D eigenvalue weighted by molar-refractivity contribution is -0.123. The van der Waals surface area contributed by atoms with Crippen LogP contribution in [0.4, 0.5) is 11.6 Å². The number of aromatic nitrogens is 2. The lowest BCUT2D eigenvalue weighted by Gasteiger charge is -2.38. The second-order valence-electron chi connectivity index (χ2n) is 12.0. The van der Waals surface area contributed by atoms with E-state index >= 15 is 0 Å². The van der Waals surface area contributed by atoms with Crippen molar-refractivity contribution in [2.75, 3.05) is 29.7 Å². The van der Waals surface area contributed by atoms with Crippen molar-refractivity contribution in [3.8, 4) is 17.1 Å². The zero-order valence-corrected chi connectivity index (χ0v) is 24.5. The molecule has 2 aliphatic rings. The Morgan fingerprint density at radius 2 is 1.75 bits per heavy atom. The van der Waals surface area contributed by atoms with Gasteiger partial charge in [0.1, 0.15) is 6.10 Å². The molecule has 3 heterocycles. The third-order valence-corrected chi connectivity index (χ3v) is 8.73. The molecule has 3 aromatic rings. The fraction of sp³-hybridized carbons (Fsp3) is 0.433. The molecule has 2 atom stereocenters. The Bertz CT molecular complexity index is 1510. The lowest BCUT2D eigenvalue weighted by Crippen LogP contribution is -2.49. The van der Waals surface area contributed by atoms with Crippen LogP contribution in [0.2, 0.25) is 0 Å². The first-order valence-corrected chi connectivity index (χ1v) is 15.1. The van der Waals surface area contributed by atoms with Crippen LogP contribution >= 0.6 is 0 Å². The molecule has 2 N–H and O–H groups in total. The first kappa shape index (κ1) is 28.0. The van der Waals surface area contributed by atoms with Gasteiger partial charge in [0.05, 0.1) is 16.5 Å². The summed E-state index contributed by atoms with van der Waals surface area (Å²) in [5.74, 6) is -0.302. The van der Waals surface area contributed by atoms with E-state index in [0.29, 0.717) is 30.9 Å². The monoisotopic (exact) mass is 563 g/mol. The van der Waals surface area contributed by atoms with Gasteiger partial charge in [0, 0.05) is 30.4 Å². The maximum Gasteiger partial charge on any atom is 0.264 e. The van der Waals surface area contributed by atoms with Gasteiger partial charge in [0.25, 0.3) is 10.0 Å². The summed E-state index contributed by atoms with van der Waals surface area (Å²) in [7, 11) is -4.04. The number of rotatable bonds is 3. The minimum Gasteiger partial charge on any atom is -0.473 e. The summed E-state index contributed by atoms with van der Waals surface area (Å²) in [5.41, 5.74) is 4.04. The number of piperidine rings is 1. The summed E-state index contributed by atoms with van der Waals surface area (Å²) in [5, 5.41) is 2.93. The molecule has 6 bridgehead atoms. The zero-order valence-electron chi connectivity index (χ0n) is 23.7. The Kier molecular flexibility index (Phi) is 7.58. The van der Waals surface area contributed by atoms with Crippen molar-refractivity contribution < 1.29 is 17.9 Å². The minimum absolute atomic E-state index is 0.000715. The van der Waals surface area contributed by atoms with E-state index in [9.17, 15) is 13.2 Å². The fourth-order valence-corrected chi connectivity index (χ4v) is 6.29. The van der Waals surface area contributed by atoms with Gasteiger partial charge in [-0.05, 0) is 68.0 Å². The predicted octanol–water partition coefficient (Wildman–Crippen LogP) is 5.02. The van der Waals surface area contributed by atoms with Crippen molar-refractivity contribution in [2.24, 2.45) is 11.3 Å². The lowest BCUT2D eigenvalue weighted by atomic mass is 9.90. The molecule has 9 nitrogen and oxygen atoms in total. The zero-order chi connectivity index (χ0) is 28.7.